The van der Waals surface area contributed by atoms with Crippen LogP contribution in [-0.4, -0.2) is 26.0 Å². The van der Waals surface area contributed by atoms with Gasteiger partial charge in [-0.25, -0.2) is 12.8 Å². The number of hydrogen-bond donors (Lipinski definition) is 2. The van der Waals surface area contributed by atoms with Crippen LogP contribution in [-0.2, 0) is 14.6 Å². The fourth-order valence-electron chi connectivity index (χ4n) is 2.26. The Morgan fingerprint density at radius 3 is 2.44 bits per heavy atom. The van der Waals surface area contributed by atoms with Gasteiger partial charge in [0.25, 0.3) is 5.91 Å². The van der Waals surface area contributed by atoms with Crippen molar-refractivity contribution >= 4 is 40.8 Å². The van der Waals surface area contributed by atoms with Gasteiger partial charge in [-0.3, -0.25) is 9.59 Å². The molecule has 2 aromatic carbocycles. The number of nitrogens with two attached hydrogens (primary N) is 1. The molecule has 2 rings (SSSR count). The molecule has 0 aliphatic rings. The van der Waals surface area contributed by atoms with Crippen LogP contribution >= 0.6 is 13.5 Å². The Kier molecular flexibility index (Phi) is 7.55. The Bertz CT molecular complexity index is 962. The summed E-state index contributed by atoms with van der Waals surface area (Å²) in [6.45, 7) is 2.99. The lowest BCUT2D eigenvalue weighted by Crippen LogP contribution is -2.27. The maximum absolute atomic E-state index is 13.3. The van der Waals surface area contributed by atoms with Crippen molar-refractivity contribution < 1.29 is 22.4 Å². The zero-order chi connectivity index (χ0) is 19.5. The van der Waals surface area contributed by atoms with Crippen LogP contribution in [0.5, 0.6) is 0 Å². The van der Waals surface area contributed by atoms with Crippen molar-refractivity contribution in [2.24, 2.45) is 11.7 Å². The lowest BCUT2D eigenvalue weighted by atomic mass is 10.2. The van der Waals surface area contributed by atoms with Crippen LogP contribution in [0.3, 0.4) is 0 Å². The van der Waals surface area contributed by atoms with Gasteiger partial charge in [-0.15, -0.1) is 0 Å². The molecule has 0 bridgehead atoms. The molecule has 0 spiro atoms. The van der Waals surface area contributed by atoms with E-state index < -0.39 is 33.3 Å². The number of rotatable bonds is 6. The first-order chi connectivity index (χ1) is 12.1. The van der Waals surface area contributed by atoms with E-state index in [1.165, 1.54) is 49.4 Å². The molecule has 6 nitrogen and oxygen atoms in total. The van der Waals surface area contributed by atoms with Crippen LogP contribution in [0, 0.1) is 18.7 Å². The first kappa shape index (κ1) is 22.7. The molecule has 0 saturated heterocycles. The third-order valence-electron chi connectivity index (χ3n) is 3.83. The maximum atomic E-state index is 13.3. The van der Waals surface area contributed by atoms with Crippen LogP contribution in [0.15, 0.2) is 47.4 Å². The van der Waals surface area contributed by atoms with Gasteiger partial charge >= 0.3 is 0 Å². The summed E-state index contributed by atoms with van der Waals surface area (Å²) >= 11 is 0. The number of carbonyl (C=O) groups excluding carboxylic acids is 2. The highest BCUT2D eigenvalue weighted by atomic mass is 32.2. The second-order valence-corrected chi connectivity index (χ2v) is 8.06. The molecule has 9 heteroatoms. The number of amides is 2. The summed E-state index contributed by atoms with van der Waals surface area (Å²) in [4.78, 5) is 23.4. The number of sulfone groups is 1. The van der Waals surface area contributed by atoms with Gasteiger partial charge in [-0.05, 0) is 48.9 Å². The normalized spacial score (nSPS) is 12.0. The third-order valence-corrected chi connectivity index (χ3v) is 5.74. The van der Waals surface area contributed by atoms with Crippen molar-refractivity contribution in [1.82, 2.24) is 0 Å². The molecule has 0 unspecified atom stereocenters. The molecule has 0 aliphatic heterocycles. The number of halogens is 1. The highest BCUT2D eigenvalue weighted by Crippen LogP contribution is 2.18. The second-order valence-electron chi connectivity index (χ2n) is 6.03. The van der Waals surface area contributed by atoms with E-state index in [0.29, 0.717) is 11.3 Å². The van der Waals surface area contributed by atoms with Crippen LogP contribution < -0.4 is 11.1 Å². The van der Waals surface area contributed by atoms with Crippen molar-refractivity contribution in [3.63, 3.8) is 0 Å². The minimum atomic E-state index is -3.78. The van der Waals surface area contributed by atoms with E-state index in [9.17, 15) is 22.4 Å². The summed E-state index contributed by atoms with van der Waals surface area (Å²) in [5.74, 6) is -2.92. The van der Waals surface area contributed by atoms with Gasteiger partial charge in [0.1, 0.15) is 5.82 Å². The smallest absolute Gasteiger partial charge is 0.255 e. The molecule has 3 N–H and O–H groups in total. The number of primary amides is 1. The lowest BCUT2D eigenvalue weighted by molar-refractivity contribution is -0.120. The second kappa shape index (κ2) is 9.01. The average molecular weight is 413 g/mol. The lowest BCUT2D eigenvalue weighted by Gasteiger charge is -2.10. The third kappa shape index (κ3) is 5.80. The number of carbonyl (C=O) groups is 2. The molecule has 0 aromatic heterocycles. The SMILES string of the molecule is Cc1cc(NC(=O)c2cccc(S(=O)(=O)C[C@@H](C)C(N)=O)c2)ccc1F.S. The van der Waals surface area contributed by atoms with Crippen LogP contribution in [0.2, 0.25) is 0 Å². The van der Waals surface area contributed by atoms with Crippen LogP contribution in [0.4, 0.5) is 10.1 Å². The fraction of sp³-hybridized carbons (Fsp3) is 0.222. The van der Waals surface area contributed by atoms with Gasteiger partial charge in [-0.2, -0.15) is 13.5 Å². The van der Waals surface area contributed by atoms with E-state index in [2.05, 4.69) is 5.32 Å². The number of benzene rings is 2. The first-order valence-corrected chi connectivity index (χ1v) is 9.45. The van der Waals surface area contributed by atoms with Crippen molar-refractivity contribution in [3.8, 4) is 0 Å². The minimum Gasteiger partial charge on any atom is -0.369 e. The molecule has 27 heavy (non-hydrogen) atoms. The number of nitrogens with one attached hydrogen (secondary N) is 1. The molecule has 146 valence electrons. The predicted octanol–water partition coefficient (Wildman–Crippen LogP) is 2.39. The molecule has 0 radical (unpaired) electrons. The molecular weight excluding hydrogens is 391 g/mol. The molecule has 0 heterocycles. The van der Waals surface area contributed by atoms with Gasteiger partial charge in [0.05, 0.1) is 10.6 Å². The molecule has 2 amide bonds. The summed E-state index contributed by atoms with van der Waals surface area (Å²) in [6, 6.07) is 9.60. The van der Waals surface area contributed by atoms with Gasteiger partial charge in [0.15, 0.2) is 9.84 Å². The molecule has 0 saturated carbocycles. The Hall–Kier alpha value is -2.39. The topological polar surface area (TPSA) is 106 Å². The van der Waals surface area contributed by atoms with Crippen LogP contribution in [0.1, 0.15) is 22.8 Å². The highest BCUT2D eigenvalue weighted by Gasteiger charge is 2.22. The molecule has 2 aromatic rings. The van der Waals surface area contributed by atoms with Gasteiger partial charge in [0, 0.05) is 17.2 Å². The van der Waals surface area contributed by atoms with Crippen molar-refractivity contribution in [2.45, 2.75) is 18.7 Å². The Morgan fingerprint density at radius 2 is 1.85 bits per heavy atom. The number of anilines is 1. The van der Waals surface area contributed by atoms with Crippen molar-refractivity contribution in [1.29, 1.82) is 0 Å². The Balaban J connectivity index is 0.00000364. The Morgan fingerprint density at radius 1 is 1.19 bits per heavy atom. The van der Waals surface area contributed by atoms with Gasteiger partial charge < -0.3 is 11.1 Å². The highest BCUT2D eigenvalue weighted by molar-refractivity contribution is 7.91. The van der Waals surface area contributed by atoms with Gasteiger partial charge in [0.2, 0.25) is 5.91 Å². The monoisotopic (exact) mass is 412 g/mol. The largest absolute Gasteiger partial charge is 0.369 e. The number of aryl methyl sites for hydroxylation is 1. The molecular formula is C18H21FN2O4S2. The van der Waals surface area contributed by atoms with E-state index in [-0.39, 0.29) is 29.8 Å². The summed E-state index contributed by atoms with van der Waals surface area (Å²) < 4.78 is 38.1. The van der Waals surface area contributed by atoms with E-state index >= 15 is 0 Å². The first-order valence-electron chi connectivity index (χ1n) is 7.80. The standard InChI is InChI=1S/C18H19FN2O4S.H2S/c1-11-8-14(6-7-16(11)19)21-18(23)13-4-3-5-15(9-13)26(24,25)10-12(2)17(20)22;/h3-9,12H,10H2,1-2H3,(H2,20,22)(H,21,23);1H2/t12-;/m1./s1. The van der Waals surface area contributed by atoms with Crippen LogP contribution in [0.25, 0.3) is 0 Å². The van der Waals surface area contributed by atoms with Gasteiger partial charge in [-0.1, -0.05) is 13.0 Å². The molecule has 0 aliphatic carbocycles. The zero-order valence-electron chi connectivity index (χ0n) is 14.8. The average Bonchev–Trinajstić information content (AvgIpc) is 2.58. The number of hydrogen-bond acceptors (Lipinski definition) is 4. The van der Waals surface area contributed by atoms with Crippen molar-refractivity contribution in [2.75, 3.05) is 11.1 Å². The zero-order valence-corrected chi connectivity index (χ0v) is 16.6. The predicted molar refractivity (Wildman–Crippen MR) is 106 cm³/mol. The fourth-order valence-corrected chi connectivity index (χ4v) is 3.87. The van der Waals surface area contributed by atoms with E-state index in [0.717, 1.165) is 0 Å². The molecule has 1 atom stereocenters. The van der Waals surface area contributed by atoms with Crippen molar-refractivity contribution in [3.05, 3.63) is 59.4 Å². The quantitative estimate of drug-likeness (QED) is 0.760. The van der Waals surface area contributed by atoms with E-state index in [4.69, 9.17) is 5.73 Å². The van der Waals surface area contributed by atoms with E-state index in [1.54, 1.807) is 6.92 Å². The summed E-state index contributed by atoms with van der Waals surface area (Å²) in [5.41, 5.74) is 6.01. The summed E-state index contributed by atoms with van der Waals surface area (Å²) in [6.07, 6.45) is 0. The molecule has 0 fully saturated rings. The van der Waals surface area contributed by atoms with E-state index in [1.807, 2.05) is 0 Å². The summed E-state index contributed by atoms with van der Waals surface area (Å²) in [7, 11) is -3.78. The summed E-state index contributed by atoms with van der Waals surface area (Å²) in [5, 5.41) is 2.59. The maximum Gasteiger partial charge on any atom is 0.255 e. The minimum absolute atomic E-state index is 0. The Labute approximate surface area is 164 Å².